The van der Waals surface area contributed by atoms with Crippen molar-refractivity contribution in [3.63, 3.8) is 0 Å². The van der Waals surface area contributed by atoms with Gasteiger partial charge in [-0.25, -0.2) is 0 Å². The Balaban J connectivity index is 2.58. The topological polar surface area (TPSA) is 26.0 Å². The highest BCUT2D eigenvalue weighted by molar-refractivity contribution is 5.51. The summed E-state index contributed by atoms with van der Waals surface area (Å²) in [5.74, 6) is 0. The third-order valence-electron chi connectivity index (χ3n) is 2.08. The highest BCUT2D eigenvalue weighted by Gasteiger charge is 1.84. The summed E-state index contributed by atoms with van der Waals surface area (Å²) in [7, 11) is 0. The Morgan fingerprint density at radius 3 is 2.50 bits per heavy atom. The first-order valence-corrected chi connectivity index (χ1v) is 5.22. The number of rotatable bonds is 4. The molecule has 0 unspecified atom stereocenters. The van der Waals surface area contributed by atoms with Gasteiger partial charge in [0.25, 0.3) is 0 Å². The lowest BCUT2D eigenvalue weighted by Gasteiger charge is -1.93. The third-order valence-corrected chi connectivity index (χ3v) is 2.08. The number of hydrogen-bond donors (Lipinski definition) is 1. The van der Waals surface area contributed by atoms with E-state index in [1.807, 2.05) is 24.3 Å². The predicted molar refractivity (Wildman–Crippen MR) is 71.8 cm³/mol. The maximum Gasteiger partial charge on any atom is 0.0313 e. The van der Waals surface area contributed by atoms with Gasteiger partial charge in [0.1, 0.15) is 0 Å². The summed E-state index contributed by atoms with van der Waals surface area (Å²) in [5, 5.41) is 0. The van der Waals surface area contributed by atoms with Gasteiger partial charge in [-0.2, -0.15) is 0 Å². The van der Waals surface area contributed by atoms with Crippen LogP contribution in [0.1, 0.15) is 11.1 Å². The maximum absolute atomic E-state index is 5.65. The van der Waals surface area contributed by atoms with Crippen LogP contribution in [0.15, 0.2) is 66.9 Å². The minimum Gasteiger partial charge on any atom is -0.399 e. The number of hydrogen-bond acceptors (Lipinski definition) is 1. The molecule has 2 N–H and O–H groups in total. The second-order valence-corrected chi connectivity index (χ2v) is 3.53. The molecule has 0 aliphatic rings. The maximum atomic E-state index is 5.65. The van der Waals surface area contributed by atoms with E-state index in [0.29, 0.717) is 5.70 Å². The van der Waals surface area contributed by atoms with Gasteiger partial charge in [-0.05, 0) is 24.6 Å². The van der Waals surface area contributed by atoms with Gasteiger partial charge in [-0.15, -0.1) is 0 Å². The molecule has 0 saturated heterocycles. The first-order valence-electron chi connectivity index (χ1n) is 5.22. The van der Waals surface area contributed by atoms with Crippen molar-refractivity contribution in [1.29, 1.82) is 0 Å². The average Bonchev–Trinajstić information content (AvgIpc) is 2.27. The zero-order valence-corrected chi connectivity index (χ0v) is 9.56. The summed E-state index contributed by atoms with van der Waals surface area (Å²) in [6.45, 7) is 5.65. The summed E-state index contributed by atoms with van der Waals surface area (Å²) in [4.78, 5) is 0. The molecule has 0 saturated carbocycles. The molecule has 82 valence electrons. The Hall–Kier alpha value is -2.02. The third kappa shape index (κ3) is 4.47. The van der Waals surface area contributed by atoms with Crippen molar-refractivity contribution in [2.24, 2.45) is 5.73 Å². The molecule has 16 heavy (non-hydrogen) atoms. The van der Waals surface area contributed by atoms with Crippen molar-refractivity contribution in [2.45, 2.75) is 6.92 Å². The second-order valence-electron chi connectivity index (χ2n) is 3.53. The molecule has 0 fully saturated rings. The van der Waals surface area contributed by atoms with E-state index in [0.717, 1.165) is 0 Å². The Morgan fingerprint density at radius 1 is 1.19 bits per heavy atom. The molecule has 0 aliphatic heterocycles. The smallest absolute Gasteiger partial charge is 0.0313 e. The zero-order chi connectivity index (χ0) is 11.8. The molecule has 1 aromatic carbocycles. The predicted octanol–water partition coefficient (Wildman–Crippen LogP) is 3.59. The van der Waals surface area contributed by atoms with E-state index in [1.165, 1.54) is 11.1 Å². The van der Waals surface area contributed by atoms with Crippen molar-refractivity contribution >= 4 is 6.08 Å². The van der Waals surface area contributed by atoms with Crippen LogP contribution in [-0.4, -0.2) is 0 Å². The lowest BCUT2D eigenvalue weighted by molar-refractivity contribution is 1.43. The number of nitrogens with two attached hydrogens (primary N) is 1. The van der Waals surface area contributed by atoms with Crippen LogP contribution in [0.4, 0.5) is 0 Å². The molecule has 0 aliphatic carbocycles. The monoisotopic (exact) mass is 211 g/mol. The van der Waals surface area contributed by atoms with Gasteiger partial charge in [-0.3, -0.25) is 0 Å². The van der Waals surface area contributed by atoms with Crippen LogP contribution in [0, 0.1) is 6.92 Å². The summed E-state index contributed by atoms with van der Waals surface area (Å²) < 4.78 is 0. The molecule has 0 radical (unpaired) electrons. The summed E-state index contributed by atoms with van der Waals surface area (Å²) >= 11 is 0. The fourth-order valence-electron chi connectivity index (χ4n) is 1.20. The second kappa shape index (κ2) is 6.46. The lowest BCUT2D eigenvalue weighted by atomic mass is 10.1. The quantitative estimate of drug-likeness (QED) is 0.757. The van der Waals surface area contributed by atoms with Crippen molar-refractivity contribution in [2.75, 3.05) is 0 Å². The molecule has 0 amide bonds. The first-order chi connectivity index (χ1) is 7.72. The molecule has 1 rings (SSSR count). The van der Waals surface area contributed by atoms with Crippen LogP contribution in [0.25, 0.3) is 6.08 Å². The summed E-state index contributed by atoms with van der Waals surface area (Å²) in [6.07, 6.45) is 11.2. The molecule has 0 aromatic heterocycles. The molecular weight excluding hydrogens is 194 g/mol. The molecule has 0 spiro atoms. The number of aryl methyl sites for hydroxylation is 1. The van der Waals surface area contributed by atoms with Crippen LogP contribution in [0.5, 0.6) is 0 Å². The van der Waals surface area contributed by atoms with E-state index in [2.05, 4.69) is 37.8 Å². The van der Waals surface area contributed by atoms with Crippen LogP contribution >= 0.6 is 0 Å². The van der Waals surface area contributed by atoms with Crippen LogP contribution in [0.2, 0.25) is 0 Å². The fraction of sp³-hybridized carbons (Fsp3) is 0.0667. The molecule has 0 bridgehead atoms. The molecule has 1 nitrogen and oxygen atoms in total. The van der Waals surface area contributed by atoms with Crippen molar-refractivity contribution in [3.8, 4) is 0 Å². The van der Waals surface area contributed by atoms with E-state index in [-0.39, 0.29) is 0 Å². The summed E-state index contributed by atoms with van der Waals surface area (Å²) in [6, 6.07) is 8.36. The molecule has 1 aromatic rings. The van der Waals surface area contributed by atoms with Gasteiger partial charge < -0.3 is 5.73 Å². The van der Waals surface area contributed by atoms with Gasteiger partial charge in [-0.1, -0.05) is 60.7 Å². The first kappa shape index (κ1) is 12.1. The van der Waals surface area contributed by atoms with E-state index in [9.17, 15) is 0 Å². The van der Waals surface area contributed by atoms with Crippen LogP contribution in [0.3, 0.4) is 0 Å². The normalized spacial score (nSPS) is 12.4. The lowest BCUT2D eigenvalue weighted by Crippen LogP contribution is -1.90. The van der Waals surface area contributed by atoms with Crippen LogP contribution in [-0.2, 0) is 0 Å². The van der Waals surface area contributed by atoms with Gasteiger partial charge in [0, 0.05) is 5.70 Å². The summed E-state index contributed by atoms with van der Waals surface area (Å²) in [5.41, 5.74) is 8.80. The number of allylic oxidation sites excluding steroid dienone is 5. The Morgan fingerprint density at radius 2 is 1.88 bits per heavy atom. The number of benzene rings is 1. The zero-order valence-electron chi connectivity index (χ0n) is 9.56. The van der Waals surface area contributed by atoms with E-state index in [4.69, 9.17) is 5.73 Å². The standard InChI is InChI=1S/C15H17N/c1-3-6-15(16)8-5-4-7-14-11-9-13(2)10-12-14/h3-12H,1,16H2,2H3/b7-4?,8-5-,15-6+. The minimum atomic E-state index is 0.698. The molecular formula is C15H17N. The van der Waals surface area contributed by atoms with Crippen LogP contribution < -0.4 is 5.73 Å². The van der Waals surface area contributed by atoms with E-state index >= 15 is 0 Å². The average molecular weight is 211 g/mol. The van der Waals surface area contributed by atoms with Crippen molar-refractivity contribution < 1.29 is 0 Å². The molecule has 1 heteroatoms. The highest BCUT2D eigenvalue weighted by Crippen LogP contribution is 2.04. The van der Waals surface area contributed by atoms with Gasteiger partial charge in [0.05, 0.1) is 0 Å². The Bertz CT molecular complexity index is 419. The minimum absolute atomic E-state index is 0.698. The van der Waals surface area contributed by atoms with Crippen molar-refractivity contribution in [1.82, 2.24) is 0 Å². The highest BCUT2D eigenvalue weighted by atomic mass is 14.5. The largest absolute Gasteiger partial charge is 0.399 e. The van der Waals surface area contributed by atoms with E-state index in [1.54, 1.807) is 12.2 Å². The Labute approximate surface area is 97.3 Å². The fourth-order valence-corrected chi connectivity index (χ4v) is 1.20. The van der Waals surface area contributed by atoms with Crippen molar-refractivity contribution in [3.05, 3.63) is 78.0 Å². The molecule has 0 atom stereocenters. The SMILES string of the molecule is C=C/C=C(N)\C=C/C=Cc1ccc(C)cc1. The Kier molecular flexibility index (Phi) is 4.87. The van der Waals surface area contributed by atoms with Gasteiger partial charge in [0.2, 0.25) is 0 Å². The molecule has 0 heterocycles. The van der Waals surface area contributed by atoms with Gasteiger partial charge >= 0.3 is 0 Å². The van der Waals surface area contributed by atoms with Gasteiger partial charge in [0.15, 0.2) is 0 Å². The van der Waals surface area contributed by atoms with E-state index < -0.39 is 0 Å².